The van der Waals surface area contributed by atoms with E-state index in [2.05, 4.69) is 31.0 Å². The van der Waals surface area contributed by atoms with Crippen LogP contribution in [0.5, 0.6) is 0 Å². The second-order valence-electron chi connectivity index (χ2n) is 8.12. The molecule has 2 aromatic heterocycles. The van der Waals surface area contributed by atoms with Crippen molar-refractivity contribution in [1.29, 1.82) is 0 Å². The minimum absolute atomic E-state index is 0. The normalized spacial score (nSPS) is 11.3. The van der Waals surface area contributed by atoms with E-state index in [0.717, 1.165) is 36.7 Å². The van der Waals surface area contributed by atoms with Gasteiger partial charge in [0, 0.05) is 52.7 Å². The molecule has 225 valence electrons. The number of hydrazone groups is 2. The Bertz CT molecular complexity index is 1430. The summed E-state index contributed by atoms with van der Waals surface area (Å²) in [6.07, 6.45) is -0.731. The van der Waals surface area contributed by atoms with E-state index in [-0.39, 0.29) is 27.9 Å². The monoisotopic (exact) mass is 645 g/mol. The Morgan fingerprint density at radius 3 is 1.28 bits per heavy atom. The maximum atomic E-state index is 12.5. The summed E-state index contributed by atoms with van der Waals surface area (Å²) in [7, 11) is 0. The number of nitrogens with zero attached hydrogens (tertiary/aromatic N) is 4. The molecule has 2 heterocycles. The van der Waals surface area contributed by atoms with Crippen LogP contribution in [0.2, 0.25) is 0 Å². The third-order valence-corrected chi connectivity index (χ3v) is 5.07. The van der Waals surface area contributed by atoms with Crippen molar-refractivity contribution < 1.29 is 52.7 Å². The zero-order valence-corrected chi connectivity index (χ0v) is 22.6. The SMILES string of the molecule is O=C(N/N=C\c1cccc(C(F)(F)F)c1)c1ccncc1.O=C(N/N=C\c1cccc(C(F)(F)F)c1)c1ccncc1.[Co]. The molecule has 0 spiro atoms. The molecule has 0 saturated heterocycles. The van der Waals surface area contributed by atoms with Gasteiger partial charge in [0.2, 0.25) is 0 Å². The summed E-state index contributed by atoms with van der Waals surface area (Å²) in [4.78, 5) is 30.8. The van der Waals surface area contributed by atoms with Crippen LogP contribution in [0.15, 0.2) is 108 Å². The van der Waals surface area contributed by atoms with Gasteiger partial charge in [-0.2, -0.15) is 36.5 Å². The van der Waals surface area contributed by atoms with Crippen LogP contribution in [-0.2, 0) is 29.1 Å². The largest absolute Gasteiger partial charge is 0.416 e. The van der Waals surface area contributed by atoms with Crippen LogP contribution in [0.1, 0.15) is 43.0 Å². The number of nitrogens with one attached hydrogen (secondary N) is 2. The molecule has 0 atom stereocenters. The maximum absolute atomic E-state index is 12.5. The van der Waals surface area contributed by atoms with Crippen molar-refractivity contribution in [2.75, 3.05) is 0 Å². The number of rotatable bonds is 6. The first-order valence-electron chi connectivity index (χ1n) is 11.7. The Morgan fingerprint density at radius 1 is 0.605 bits per heavy atom. The molecule has 43 heavy (non-hydrogen) atoms. The first kappa shape index (κ1) is 34.3. The molecule has 4 aromatic rings. The molecule has 8 nitrogen and oxygen atoms in total. The summed E-state index contributed by atoms with van der Waals surface area (Å²) in [6.45, 7) is 0. The second kappa shape index (κ2) is 15.9. The van der Waals surface area contributed by atoms with Gasteiger partial charge in [-0.05, 0) is 59.7 Å². The standard InChI is InChI=1S/2C14H10F3N3O.Co/c2*15-14(16,17)12-3-1-2-10(8-12)9-19-20-13(21)11-4-6-18-7-5-11;/h2*1-9H,(H,20,21);/b2*19-9-;. The molecule has 2 aromatic carbocycles. The Balaban J connectivity index is 0.000000293. The Kier molecular flexibility index (Phi) is 12.7. The second-order valence-corrected chi connectivity index (χ2v) is 8.12. The van der Waals surface area contributed by atoms with E-state index < -0.39 is 35.3 Å². The quantitative estimate of drug-likeness (QED) is 0.159. The average Bonchev–Trinajstić information content (AvgIpc) is 2.98. The number of amides is 2. The predicted molar refractivity (Wildman–Crippen MR) is 141 cm³/mol. The van der Waals surface area contributed by atoms with E-state index in [9.17, 15) is 35.9 Å². The Labute approximate surface area is 251 Å². The van der Waals surface area contributed by atoms with Crippen LogP contribution in [0.3, 0.4) is 0 Å². The van der Waals surface area contributed by atoms with Gasteiger partial charge in [-0.1, -0.05) is 24.3 Å². The molecule has 0 saturated carbocycles. The van der Waals surface area contributed by atoms with Crippen LogP contribution in [0.25, 0.3) is 0 Å². The van der Waals surface area contributed by atoms with Crippen molar-refractivity contribution in [3.63, 3.8) is 0 Å². The minimum atomic E-state index is -4.41. The van der Waals surface area contributed by atoms with Crippen molar-refractivity contribution in [2.24, 2.45) is 10.2 Å². The fourth-order valence-corrected chi connectivity index (χ4v) is 3.06. The van der Waals surface area contributed by atoms with Gasteiger partial charge in [-0.3, -0.25) is 19.6 Å². The molecule has 0 aliphatic rings. The summed E-state index contributed by atoms with van der Waals surface area (Å²) in [5.74, 6) is -0.943. The Morgan fingerprint density at radius 2 is 0.953 bits per heavy atom. The number of benzene rings is 2. The Hall–Kier alpha value is -4.89. The molecule has 0 bridgehead atoms. The fraction of sp³-hybridized carbons (Fsp3) is 0.0714. The van der Waals surface area contributed by atoms with Gasteiger partial charge < -0.3 is 0 Å². The smallest absolute Gasteiger partial charge is 0.267 e. The number of halogens is 6. The number of hydrogen-bond donors (Lipinski definition) is 2. The van der Waals surface area contributed by atoms with Crippen LogP contribution in [0.4, 0.5) is 26.3 Å². The summed E-state index contributed by atoms with van der Waals surface area (Å²) in [5.41, 5.74) is 4.09. The van der Waals surface area contributed by atoms with E-state index in [1.54, 1.807) is 0 Å². The van der Waals surface area contributed by atoms with Gasteiger partial charge in [-0.25, -0.2) is 10.9 Å². The molecular formula is C28H20CoF6N6O2. The first-order chi connectivity index (χ1) is 19.9. The van der Waals surface area contributed by atoms with Gasteiger partial charge in [0.1, 0.15) is 0 Å². The van der Waals surface area contributed by atoms with E-state index in [1.807, 2.05) is 0 Å². The minimum Gasteiger partial charge on any atom is -0.267 e. The number of aromatic nitrogens is 2. The molecule has 0 unspecified atom stereocenters. The third-order valence-electron chi connectivity index (χ3n) is 5.07. The molecular weight excluding hydrogens is 625 g/mol. The summed E-state index contributed by atoms with van der Waals surface area (Å²) in [6, 6.07) is 15.3. The number of hydrogen-bond acceptors (Lipinski definition) is 6. The van der Waals surface area contributed by atoms with E-state index in [0.29, 0.717) is 11.1 Å². The first-order valence-corrected chi connectivity index (χ1v) is 11.7. The predicted octanol–water partition coefficient (Wildman–Crippen LogP) is 5.73. The van der Waals surface area contributed by atoms with Gasteiger partial charge in [0.25, 0.3) is 11.8 Å². The summed E-state index contributed by atoms with van der Waals surface area (Å²) in [5, 5.41) is 7.26. The molecule has 1 radical (unpaired) electrons. The molecule has 0 aliphatic carbocycles. The number of alkyl halides is 6. The van der Waals surface area contributed by atoms with Gasteiger partial charge >= 0.3 is 12.4 Å². The zero-order chi connectivity index (χ0) is 30.6. The summed E-state index contributed by atoms with van der Waals surface area (Å²) >= 11 is 0. The number of pyridine rings is 2. The molecule has 15 heteroatoms. The molecule has 0 aliphatic heterocycles. The topological polar surface area (TPSA) is 109 Å². The van der Waals surface area contributed by atoms with Crippen molar-refractivity contribution in [3.8, 4) is 0 Å². The van der Waals surface area contributed by atoms with Crippen molar-refractivity contribution in [3.05, 3.63) is 131 Å². The molecule has 4 rings (SSSR count). The van der Waals surface area contributed by atoms with Crippen molar-refractivity contribution in [1.82, 2.24) is 20.8 Å². The van der Waals surface area contributed by atoms with Gasteiger partial charge in [0.05, 0.1) is 23.6 Å². The number of carbonyl (C=O) groups excluding carboxylic acids is 2. The van der Waals surface area contributed by atoms with Gasteiger partial charge in [0.15, 0.2) is 0 Å². The third kappa shape index (κ3) is 11.5. The molecule has 0 fully saturated rings. The fourth-order valence-electron chi connectivity index (χ4n) is 3.06. The van der Waals surface area contributed by atoms with Gasteiger partial charge in [-0.15, -0.1) is 0 Å². The van der Waals surface area contributed by atoms with Crippen molar-refractivity contribution >= 4 is 24.2 Å². The molecule has 2 N–H and O–H groups in total. The summed E-state index contributed by atoms with van der Waals surface area (Å²) < 4.78 is 75.1. The van der Waals surface area contributed by atoms with Crippen LogP contribution in [0, 0.1) is 0 Å². The van der Waals surface area contributed by atoms with E-state index >= 15 is 0 Å². The average molecular weight is 645 g/mol. The van der Waals surface area contributed by atoms with Crippen molar-refractivity contribution in [2.45, 2.75) is 12.4 Å². The number of carbonyl (C=O) groups is 2. The van der Waals surface area contributed by atoms with E-state index in [1.165, 1.54) is 73.3 Å². The van der Waals surface area contributed by atoms with Crippen LogP contribution < -0.4 is 10.9 Å². The molecule has 2 amide bonds. The zero-order valence-electron chi connectivity index (χ0n) is 21.6. The van der Waals surface area contributed by atoms with Crippen LogP contribution in [-0.4, -0.2) is 34.2 Å². The van der Waals surface area contributed by atoms with E-state index in [4.69, 9.17) is 0 Å². The van der Waals surface area contributed by atoms with Crippen LogP contribution >= 0.6 is 0 Å². The maximum Gasteiger partial charge on any atom is 0.416 e.